The standard InChI is InChI=1S/C16H13ClN4O3.C4H8O2/c1-20-14(22)12-11(8-5-3-4-6-10(8)17)9(7-18)13(19)24-15(12)21(2)16(20)23;1-2-6-4-3-5-1/h3-6,11H,19H2,1-2H3;1-4H2. The van der Waals surface area contributed by atoms with Crippen LogP contribution >= 0.6 is 11.6 Å². The van der Waals surface area contributed by atoms with E-state index in [1.807, 2.05) is 6.07 Å². The van der Waals surface area contributed by atoms with Crippen LogP contribution in [-0.4, -0.2) is 35.6 Å². The lowest BCUT2D eigenvalue weighted by molar-refractivity contribution is -0.0334. The van der Waals surface area contributed by atoms with Crippen molar-refractivity contribution in [1.82, 2.24) is 9.13 Å². The van der Waals surface area contributed by atoms with Crippen molar-refractivity contribution in [2.45, 2.75) is 5.92 Å². The Morgan fingerprint density at radius 1 is 1.10 bits per heavy atom. The summed E-state index contributed by atoms with van der Waals surface area (Å²) in [5.74, 6) is -0.944. The number of nitrogens with two attached hydrogens (primary N) is 1. The molecule has 0 radical (unpaired) electrons. The fourth-order valence-corrected chi connectivity index (χ4v) is 3.49. The topological polar surface area (TPSA) is 122 Å². The van der Waals surface area contributed by atoms with Gasteiger partial charge in [0.1, 0.15) is 11.6 Å². The van der Waals surface area contributed by atoms with Crippen molar-refractivity contribution in [3.05, 3.63) is 72.7 Å². The molecule has 30 heavy (non-hydrogen) atoms. The summed E-state index contributed by atoms with van der Waals surface area (Å²) in [6.07, 6.45) is 0. The predicted octanol–water partition coefficient (Wildman–Crippen LogP) is 0.989. The van der Waals surface area contributed by atoms with E-state index in [1.54, 1.807) is 24.3 Å². The minimum Gasteiger partial charge on any atom is -0.423 e. The first-order valence-corrected chi connectivity index (χ1v) is 9.53. The van der Waals surface area contributed by atoms with Crippen LogP contribution in [0, 0.1) is 11.3 Å². The van der Waals surface area contributed by atoms with Gasteiger partial charge < -0.3 is 19.9 Å². The third-order valence-electron chi connectivity index (χ3n) is 4.77. The highest BCUT2D eigenvalue weighted by molar-refractivity contribution is 6.31. The van der Waals surface area contributed by atoms with Crippen LogP contribution < -0.4 is 21.7 Å². The van der Waals surface area contributed by atoms with E-state index in [2.05, 4.69) is 0 Å². The van der Waals surface area contributed by atoms with Crippen molar-refractivity contribution in [2.75, 3.05) is 26.4 Å². The summed E-state index contributed by atoms with van der Waals surface area (Å²) in [7, 11) is 2.83. The summed E-state index contributed by atoms with van der Waals surface area (Å²) in [6.45, 7) is 3.11. The molecule has 1 atom stereocenters. The summed E-state index contributed by atoms with van der Waals surface area (Å²) in [6, 6.07) is 8.83. The van der Waals surface area contributed by atoms with Gasteiger partial charge in [-0.3, -0.25) is 13.9 Å². The van der Waals surface area contributed by atoms with E-state index in [4.69, 9.17) is 31.5 Å². The minimum absolute atomic E-state index is 0.0181. The second-order valence-electron chi connectivity index (χ2n) is 6.60. The summed E-state index contributed by atoms with van der Waals surface area (Å²) in [5, 5.41) is 9.89. The SMILES string of the molecule is C1COCCO1.Cn1c2c(c(=O)n(C)c1=O)C(c1ccccc1Cl)C(C#N)=C(N)O2. The lowest BCUT2D eigenvalue weighted by Crippen LogP contribution is -2.42. The molecular formula is C20H21ClN4O5. The van der Waals surface area contributed by atoms with E-state index >= 15 is 0 Å². The van der Waals surface area contributed by atoms with Crippen LogP contribution in [0.2, 0.25) is 5.02 Å². The largest absolute Gasteiger partial charge is 0.423 e. The first-order chi connectivity index (χ1) is 14.4. The van der Waals surface area contributed by atoms with Crippen molar-refractivity contribution in [2.24, 2.45) is 19.8 Å². The van der Waals surface area contributed by atoms with Gasteiger partial charge in [0.15, 0.2) is 0 Å². The van der Waals surface area contributed by atoms with E-state index in [1.165, 1.54) is 18.7 Å². The Labute approximate surface area is 177 Å². The van der Waals surface area contributed by atoms with Gasteiger partial charge in [-0.1, -0.05) is 29.8 Å². The molecule has 2 aliphatic heterocycles. The normalized spacial score (nSPS) is 17.9. The second-order valence-corrected chi connectivity index (χ2v) is 7.00. The van der Waals surface area contributed by atoms with Crippen LogP contribution in [0.1, 0.15) is 17.0 Å². The maximum atomic E-state index is 12.7. The molecule has 0 saturated carbocycles. The van der Waals surface area contributed by atoms with Crippen molar-refractivity contribution >= 4 is 11.6 Å². The van der Waals surface area contributed by atoms with Crippen LogP contribution in [0.4, 0.5) is 0 Å². The molecule has 1 aromatic heterocycles. The summed E-state index contributed by atoms with van der Waals surface area (Å²) < 4.78 is 17.4. The Balaban J connectivity index is 0.000000367. The molecule has 158 valence electrons. The zero-order valence-corrected chi connectivity index (χ0v) is 17.3. The minimum atomic E-state index is -0.807. The number of ether oxygens (including phenoxy) is 3. The lowest BCUT2D eigenvalue weighted by atomic mass is 9.85. The quantitative estimate of drug-likeness (QED) is 0.713. The van der Waals surface area contributed by atoms with Crippen molar-refractivity contribution in [3.8, 4) is 11.9 Å². The average Bonchev–Trinajstić information content (AvgIpc) is 2.77. The van der Waals surface area contributed by atoms with Gasteiger partial charge in [-0.2, -0.15) is 5.26 Å². The number of aromatic nitrogens is 2. The van der Waals surface area contributed by atoms with Crippen LogP contribution in [-0.2, 0) is 23.6 Å². The fourth-order valence-electron chi connectivity index (χ4n) is 3.25. The third kappa shape index (κ3) is 3.98. The first kappa shape index (κ1) is 21.6. The maximum absolute atomic E-state index is 12.7. The fraction of sp³-hybridized carbons (Fsp3) is 0.350. The summed E-state index contributed by atoms with van der Waals surface area (Å²) >= 11 is 6.27. The molecule has 0 bridgehead atoms. The smallest absolute Gasteiger partial charge is 0.333 e. The molecule has 2 aromatic rings. The number of allylic oxidation sites excluding steroid dienone is 1. The van der Waals surface area contributed by atoms with E-state index in [0.29, 0.717) is 10.6 Å². The van der Waals surface area contributed by atoms with Crippen LogP contribution in [0.15, 0.2) is 45.3 Å². The van der Waals surface area contributed by atoms with Gasteiger partial charge in [-0.05, 0) is 11.6 Å². The number of nitriles is 1. The lowest BCUT2D eigenvalue weighted by Gasteiger charge is -2.27. The van der Waals surface area contributed by atoms with Gasteiger partial charge in [-0.25, -0.2) is 4.79 Å². The van der Waals surface area contributed by atoms with E-state index in [9.17, 15) is 14.9 Å². The molecule has 0 aliphatic carbocycles. The Morgan fingerprint density at radius 3 is 2.23 bits per heavy atom. The van der Waals surface area contributed by atoms with Gasteiger partial charge in [0.25, 0.3) is 5.56 Å². The van der Waals surface area contributed by atoms with Gasteiger partial charge in [0, 0.05) is 19.1 Å². The molecule has 0 amide bonds. The molecule has 2 aliphatic rings. The molecule has 0 spiro atoms. The maximum Gasteiger partial charge on any atom is 0.333 e. The highest BCUT2D eigenvalue weighted by Crippen LogP contribution is 2.41. The third-order valence-corrected chi connectivity index (χ3v) is 5.12. The highest BCUT2D eigenvalue weighted by atomic mass is 35.5. The van der Waals surface area contributed by atoms with E-state index in [-0.39, 0.29) is 22.9 Å². The zero-order valence-electron chi connectivity index (χ0n) is 16.6. The Kier molecular flexibility index (Phi) is 6.62. The molecule has 1 aromatic carbocycles. The number of benzene rings is 1. The Hall–Kier alpha value is -3.06. The van der Waals surface area contributed by atoms with Crippen molar-refractivity contribution in [1.29, 1.82) is 5.26 Å². The van der Waals surface area contributed by atoms with Crippen molar-refractivity contribution < 1.29 is 14.2 Å². The number of rotatable bonds is 1. The molecule has 9 nitrogen and oxygen atoms in total. The number of fused-ring (bicyclic) bond motifs is 1. The summed E-state index contributed by atoms with van der Waals surface area (Å²) in [4.78, 5) is 24.8. The molecule has 1 unspecified atom stereocenters. The van der Waals surface area contributed by atoms with Crippen LogP contribution in [0.3, 0.4) is 0 Å². The van der Waals surface area contributed by atoms with Crippen LogP contribution in [0.5, 0.6) is 5.88 Å². The van der Waals surface area contributed by atoms with Gasteiger partial charge in [-0.15, -0.1) is 0 Å². The molecular weight excluding hydrogens is 412 g/mol. The molecule has 10 heteroatoms. The Bertz CT molecular complexity index is 1130. The molecule has 3 heterocycles. The van der Waals surface area contributed by atoms with Gasteiger partial charge in [0.05, 0.1) is 37.9 Å². The van der Waals surface area contributed by atoms with Crippen LogP contribution in [0.25, 0.3) is 0 Å². The average molecular weight is 433 g/mol. The first-order valence-electron chi connectivity index (χ1n) is 9.15. The zero-order chi connectivity index (χ0) is 21.8. The summed E-state index contributed by atoms with van der Waals surface area (Å²) in [5.41, 5.74) is 5.52. The molecule has 2 N–H and O–H groups in total. The Morgan fingerprint density at radius 2 is 1.70 bits per heavy atom. The predicted molar refractivity (Wildman–Crippen MR) is 109 cm³/mol. The van der Waals surface area contributed by atoms with E-state index in [0.717, 1.165) is 31.0 Å². The van der Waals surface area contributed by atoms with Crippen molar-refractivity contribution in [3.63, 3.8) is 0 Å². The molecule has 4 rings (SSSR count). The molecule has 1 fully saturated rings. The van der Waals surface area contributed by atoms with Gasteiger partial charge in [0.2, 0.25) is 11.8 Å². The monoisotopic (exact) mass is 432 g/mol. The number of nitrogens with zero attached hydrogens (tertiary/aromatic N) is 3. The second kappa shape index (κ2) is 9.17. The van der Waals surface area contributed by atoms with E-state index < -0.39 is 17.2 Å². The number of hydrogen-bond donors (Lipinski definition) is 1. The van der Waals surface area contributed by atoms with Gasteiger partial charge >= 0.3 is 5.69 Å². The number of halogens is 1. The number of hydrogen-bond acceptors (Lipinski definition) is 7. The highest BCUT2D eigenvalue weighted by Gasteiger charge is 2.36. The molecule has 1 saturated heterocycles.